The Morgan fingerprint density at radius 2 is 1.14 bits per heavy atom. The molecule has 1 saturated heterocycles. The van der Waals surface area contributed by atoms with E-state index in [0.717, 1.165) is 5.56 Å². The van der Waals surface area contributed by atoms with Gasteiger partial charge in [0.2, 0.25) is 15.3 Å². The first-order chi connectivity index (χ1) is 23.0. The van der Waals surface area contributed by atoms with E-state index in [4.69, 9.17) is 36.7 Å². The summed E-state index contributed by atoms with van der Waals surface area (Å²) < 4.78 is 157. The van der Waals surface area contributed by atoms with Gasteiger partial charge < -0.3 is 23.7 Å². The lowest BCUT2D eigenvalue weighted by molar-refractivity contribution is -0.390. The van der Waals surface area contributed by atoms with Crippen molar-refractivity contribution in [3.63, 3.8) is 0 Å². The largest absolute Gasteiger partial charge is 0.522 e. The summed E-state index contributed by atoms with van der Waals surface area (Å²) in [4.78, 5) is 0. The first-order valence-electron chi connectivity index (χ1n) is 13.9. The van der Waals surface area contributed by atoms with Gasteiger partial charge in [-0.2, -0.15) is 30.0 Å². The van der Waals surface area contributed by atoms with Crippen molar-refractivity contribution in [1.82, 2.24) is 0 Å². The van der Waals surface area contributed by atoms with Crippen LogP contribution in [0.4, 0.5) is 26.3 Å². The maximum absolute atomic E-state index is 13.8. The Kier molecular flexibility index (Phi) is 14.7. The summed E-state index contributed by atoms with van der Waals surface area (Å²) in [5.41, 5.74) is -3.55. The predicted octanol–water partition coefficient (Wildman–Crippen LogP) is 5.05. The molecule has 0 aromatic heterocycles. The lowest BCUT2D eigenvalue weighted by atomic mass is 9.98. The maximum Gasteiger partial charge on any atom is 0.522 e. The summed E-state index contributed by atoms with van der Waals surface area (Å²) >= 11 is 0. The Balaban J connectivity index is 0.000000723. The minimum atomic E-state index is -5.84. The molecule has 1 fully saturated rings. The highest BCUT2D eigenvalue weighted by Crippen LogP contribution is 2.34. The van der Waals surface area contributed by atoms with Crippen LogP contribution in [0.5, 0.6) is 0 Å². The number of ether oxygens (including phenoxy) is 6. The number of rotatable bonds is 11. The van der Waals surface area contributed by atoms with Crippen LogP contribution in [0, 0.1) is 0 Å². The standard InChI is InChI=1S/C29H29F3O8S.CHF3O3S/c1-35-27-25(37-18-21-13-7-3-8-14-21)23(36-17-20-11-5-2-6-12-20)24(40-29(30,31)32)26(39-27)28(41(33)34)38-19-22-15-9-4-10-16-22;2-1(3,4)8(5,6)7/h2-16,23-27H,17-19H2,1H3;(H,5,6,7)/t23-,24+,25+,26-,27-;/m0./s1. The van der Waals surface area contributed by atoms with E-state index in [1.807, 2.05) is 6.07 Å². The highest BCUT2D eigenvalue weighted by molar-refractivity contribution is 7.86. The molecule has 0 aliphatic carbocycles. The van der Waals surface area contributed by atoms with Gasteiger partial charge in [0.25, 0.3) is 0 Å². The van der Waals surface area contributed by atoms with Gasteiger partial charge in [-0.25, -0.2) is 0 Å². The van der Waals surface area contributed by atoms with Gasteiger partial charge in [-0.15, -0.1) is 13.2 Å². The summed E-state index contributed by atoms with van der Waals surface area (Å²) in [5, 5.41) is -0.792. The van der Waals surface area contributed by atoms with Crippen molar-refractivity contribution >= 4 is 25.5 Å². The number of halogens is 6. The van der Waals surface area contributed by atoms with Crippen molar-refractivity contribution in [2.45, 2.75) is 62.4 Å². The van der Waals surface area contributed by atoms with Crippen LogP contribution in [0.2, 0.25) is 0 Å². The van der Waals surface area contributed by atoms with Gasteiger partial charge in [-0.05, 0) is 16.7 Å². The monoisotopic (exact) mass is 744 g/mol. The van der Waals surface area contributed by atoms with Crippen molar-refractivity contribution < 1.29 is 76.2 Å². The van der Waals surface area contributed by atoms with Crippen LogP contribution in [0.3, 0.4) is 0 Å². The van der Waals surface area contributed by atoms with E-state index in [2.05, 4.69) is 4.74 Å². The molecule has 1 aliphatic heterocycles. The first kappa shape index (κ1) is 40.0. The minimum Gasteiger partial charge on any atom is -0.368 e. The fraction of sp³-hybridized carbons (Fsp3) is 0.367. The summed E-state index contributed by atoms with van der Waals surface area (Å²) in [7, 11) is -7.70. The average Bonchev–Trinajstić information content (AvgIpc) is 3.04. The zero-order valence-electron chi connectivity index (χ0n) is 25.3. The predicted molar refractivity (Wildman–Crippen MR) is 159 cm³/mol. The molecule has 1 heterocycles. The third-order valence-electron chi connectivity index (χ3n) is 6.48. The molecule has 0 unspecified atom stereocenters. The van der Waals surface area contributed by atoms with E-state index in [1.165, 1.54) is 7.11 Å². The highest BCUT2D eigenvalue weighted by Gasteiger charge is 2.54. The molecule has 49 heavy (non-hydrogen) atoms. The topological polar surface area (TPSA) is 144 Å². The molecule has 270 valence electrons. The van der Waals surface area contributed by atoms with Crippen LogP contribution in [0.25, 0.3) is 0 Å². The second-order valence-corrected chi connectivity index (χ2v) is 12.2. The van der Waals surface area contributed by atoms with Gasteiger partial charge in [-0.1, -0.05) is 91.0 Å². The van der Waals surface area contributed by atoms with Crippen LogP contribution >= 0.6 is 0 Å². The Morgan fingerprint density at radius 1 is 0.735 bits per heavy atom. The normalized spacial score (nSPS) is 21.3. The van der Waals surface area contributed by atoms with Crippen molar-refractivity contribution in [3.8, 4) is 0 Å². The van der Waals surface area contributed by atoms with Crippen molar-refractivity contribution in [2.24, 2.45) is 0 Å². The highest BCUT2D eigenvalue weighted by atomic mass is 32.2. The number of hydrogen-bond donors (Lipinski definition) is 1. The van der Waals surface area contributed by atoms with Crippen LogP contribution in [-0.4, -0.2) is 76.1 Å². The molecule has 0 spiro atoms. The summed E-state index contributed by atoms with van der Waals surface area (Å²) in [5.74, 6) is 0. The van der Waals surface area contributed by atoms with Gasteiger partial charge in [0.05, 0.1) is 19.8 Å². The number of benzene rings is 3. The Morgan fingerprint density at radius 3 is 1.51 bits per heavy atom. The SMILES string of the molecule is CO[C@H]1O[C@H](C(OCc2ccccc2)=S(=O)=O)[C@H](OC(F)(F)F)[C@H](OCc2ccccc2)[C@H]1OCc1ccccc1.O=S(=O)(O)C(F)(F)F. The van der Waals surface area contributed by atoms with Gasteiger partial charge in [0, 0.05) is 7.11 Å². The van der Waals surface area contributed by atoms with Gasteiger partial charge in [0.1, 0.15) is 18.3 Å². The molecule has 4 rings (SSSR count). The van der Waals surface area contributed by atoms with E-state index in [9.17, 15) is 34.8 Å². The molecular weight excluding hydrogens is 714 g/mol. The number of methoxy groups -OCH3 is 1. The lowest BCUT2D eigenvalue weighted by Gasteiger charge is -2.45. The molecular formula is C30H30F6O11S2. The van der Waals surface area contributed by atoms with Crippen molar-refractivity contribution in [3.05, 3.63) is 108 Å². The number of hydrogen-bond acceptors (Lipinski definition) is 10. The third kappa shape index (κ3) is 12.8. The molecule has 11 nitrogen and oxygen atoms in total. The van der Waals surface area contributed by atoms with E-state index < -0.39 is 68.0 Å². The molecule has 0 saturated carbocycles. The van der Waals surface area contributed by atoms with E-state index in [0.29, 0.717) is 11.1 Å². The molecule has 0 amide bonds. The van der Waals surface area contributed by atoms with Crippen molar-refractivity contribution in [2.75, 3.05) is 7.11 Å². The second-order valence-electron chi connectivity index (χ2n) is 9.96. The van der Waals surface area contributed by atoms with Gasteiger partial charge in [-0.3, -0.25) is 9.29 Å². The first-order valence-corrected chi connectivity index (χ1v) is 16.4. The van der Waals surface area contributed by atoms with Crippen LogP contribution < -0.4 is 0 Å². The van der Waals surface area contributed by atoms with Crippen LogP contribution in [0.1, 0.15) is 16.7 Å². The van der Waals surface area contributed by atoms with E-state index >= 15 is 0 Å². The van der Waals surface area contributed by atoms with Gasteiger partial charge >= 0.3 is 22.0 Å². The lowest BCUT2D eigenvalue weighted by Crippen LogP contribution is -2.63. The Hall–Kier alpha value is -3.40. The molecule has 0 radical (unpaired) electrons. The zero-order chi connectivity index (χ0) is 36.2. The fourth-order valence-electron chi connectivity index (χ4n) is 4.33. The molecule has 3 aromatic carbocycles. The zero-order valence-corrected chi connectivity index (χ0v) is 26.9. The van der Waals surface area contributed by atoms with Gasteiger partial charge in [0.15, 0.2) is 12.4 Å². The van der Waals surface area contributed by atoms with Crippen LogP contribution in [-0.2, 0) is 68.7 Å². The molecule has 19 heteroatoms. The summed E-state index contributed by atoms with van der Waals surface area (Å²) in [6.45, 7) is -0.389. The third-order valence-corrected chi connectivity index (χ3v) is 7.74. The quantitative estimate of drug-likeness (QED) is 0.122. The van der Waals surface area contributed by atoms with Crippen molar-refractivity contribution in [1.29, 1.82) is 0 Å². The van der Waals surface area contributed by atoms with E-state index in [-0.39, 0.29) is 19.8 Å². The van der Waals surface area contributed by atoms with E-state index in [1.54, 1.807) is 84.9 Å². The summed E-state index contributed by atoms with van der Waals surface area (Å²) in [6, 6.07) is 26.2. The number of alkyl halides is 6. The average molecular weight is 745 g/mol. The second kappa shape index (κ2) is 18.0. The van der Waals surface area contributed by atoms with Crippen LogP contribution in [0.15, 0.2) is 91.0 Å². The molecule has 3 aromatic rings. The minimum absolute atomic E-state index is 0.0160. The fourth-order valence-corrected chi connectivity index (χ4v) is 4.86. The molecule has 0 bridgehead atoms. The Labute approximate surface area is 278 Å². The molecule has 1 aliphatic rings. The summed E-state index contributed by atoms with van der Waals surface area (Å²) in [6.07, 6.45) is -13.2. The smallest absolute Gasteiger partial charge is 0.368 e. The molecule has 1 N–H and O–H groups in total. The molecule has 5 atom stereocenters. The Bertz CT molecular complexity index is 1680. The maximum atomic E-state index is 13.8.